The van der Waals surface area contributed by atoms with Crippen molar-refractivity contribution in [2.75, 3.05) is 48.8 Å². The minimum Gasteiger partial charge on any atom is -0.369 e. The normalized spacial score (nSPS) is 17.0. The van der Waals surface area contributed by atoms with Crippen LogP contribution in [0.4, 0.5) is 17.5 Å². The summed E-state index contributed by atoms with van der Waals surface area (Å²) in [6.45, 7) is 2.96. The van der Waals surface area contributed by atoms with Gasteiger partial charge in [-0.1, -0.05) is 0 Å². The molecule has 1 aliphatic heterocycles. The first-order chi connectivity index (χ1) is 12.2. The number of anilines is 3. The fourth-order valence-electron chi connectivity index (χ4n) is 3.46. The minimum atomic E-state index is 0.607. The molecule has 7 nitrogen and oxygen atoms in total. The van der Waals surface area contributed by atoms with E-state index in [1.807, 2.05) is 25.1 Å². The summed E-state index contributed by atoms with van der Waals surface area (Å²) < 4.78 is 0. The van der Waals surface area contributed by atoms with Crippen LogP contribution < -0.4 is 15.1 Å². The number of fused-ring (bicyclic) bond motifs is 1. The monoisotopic (exact) mass is 339 g/mol. The van der Waals surface area contributed by atoms with Gasteiger partial charge in [-0.05, 0) is 37.3 Å². The number of hydrogen-bond acceptors (Lipinski definition) is 7. The Morgan fingerprint density at radius 2 is 1.96 bits per heavy atom. The summed E-state index contributed by atoms with van der Waals surface area (Å²) >= 11 is 0. The van der Waals surface area contributed by atoms with Crippen LogP contribution in [0.25, 0.3) is 0 Å². The SMILES string of the molecule is CN(C)c1cc(NCC2CN(c3cc4c(nn3)CCCC4)C2)ncn1. The molecule has 132 valence electrons. The van der Waals surface area contributed by atoms with E-state index < -0.39 is 0 Å². The van der Waals surface area contributed by atoms with Crippen LogP contribution in [-0.4, -0.2) is 53.9 Å². The number of rotatable bonds is 5. The topological polar surface area (TPSA) is 70.1 Å². The van der Waals surface area contributed by atoms with Crippen LogP contribution in [-0.2, 0) is 12.8 Å². The van der Waals surface area contributed by atoms with Crippen molar-refractivity contribution >= 4 is 17.5 Å². The summed E-state index contributed by atoms with van der Waals surface area (Å²) in [5.74, 6) is 3.44. The molecule has 2 aliphatic rings. The van der Waals surface area contributed by atoms with Gasteiger partial charge in [-0.15, -0.1) is 5.10 Å². The van der Waals surface area contributed by atoms with Gasteiger partial charge >= 0.3 is 0 Å². The maximum absolute atomic E-state index is 4.44. The third kappa shape index (κ3) is 3.50. The first-order valence-electron chi connectivity index (χ1n) is 9.03. The van der Waals surface area contributed by atoms with Gasteiger partial charge in [-0.2, -0.15) is 5.10 Å². The lowest BCUT2D eigenvalue weighted by Crippen LogP contribution is -2.50. The summed E-state index contributed by atoms with van der Waals surface area (Å²) in [6.07, 6.45) is 6.37. The van der Waals surface area contributed by atoms with E-state index in [2.05, 4.69) is 36.4 Å². The third-order valence-electron chi connectivity index (χ3n) is 5.02. The minimum absolute atomic E-state index is 0.607. The van der Waals surface area contributed by atoms with E-state index in [1.54, 1.807) is 6.33 Å². The zero-order valence-corrected chi connectivity index (χ0v) is 14.9. The van der Waals surface area contributed by atoms with E-state index in [1.165, 1.54) is 24.1 Å². The standard InChI is InChI=1S/C18H25N7/c1-24(2)17-8-16(20-12-21-17)19-9-13-10-25(11-13)18-7-14-5-3-4-6-15(14)22-23-18/h7-8,12-13H,3-6,9-11H2,1-2H3,(H,19,20,21). The molecule has 1 fully saturated rings. The molecule has 0 saturated carbocycles. The van der Waals surface area contributed by atoms with E-state index in [4.69, 9.17) is 0 Å². The highest BCUT2D eigenvalue weighted by molar-refractivity contribution is 5.48. The van der Waals surface area contributed by atoms with E-state index in [0.29, 0.717) is 5.92 Å². The van der Waals surface area contributed by atoms with Crippen LogP contribution >= 0.6 is 0 Å². The molecule has 0 atom stereocenters. The predicted molar refractivity (Wildman–Crippen MR) is 99.2 cm³/mol. The zero-order chi connectivity index (χ0) is 17.2. The average Bonchev–Trinajstić information content (AvgIpc) is 2.60. The van der Waals surface area contributed by atoms with Crippen molar-refractivity contribution in [3.8, 4) is 0 Å². The summed E-state index contributed by atoms with van der Waals surface area (Å²) in [7, 11) is 3.96. The molecule has 2 aromatic heterocycles. The Morgan fingerprint density at radius 3 is 2.80 bits per heavy atom. The molecule has 1 N–H and O–H groups in total. The quantitative estimate of drug-likeness (QED) is 0.890. The molecular weight excluding hydrogens is 314 g/mol. The Balaban J connectivity index is 1.30. The van der Waals surface area contributed by atoms with Crippen LogP contribution in [0.5, 0.6) is 0 Å². The molecule has 1 aliphatic carbocycles. The second-order valence-corrected chi connectivity index (χ2v) is 7.19. The molecule has 0 bridgehead atoms. The van der Waals surface area contributed by atoms with Crippen molar-refractivity contribution in [3.63, 3.8) is 0 Å². The summed E-state index contributed by atoms with van der Waals surface area (Å²) in [6, 6.07) is 4.23. The van der Waals surface area contributed by atoms with Gasteiger partial charge in [0, 0.05) is 45.7 Å². The van der Waals surface area contributed by atoms with Gasteiger partial charge < -0.3 is 15.1 Å². The number of aryl methyl sites for hydroxylation is 2. The Morgan fingerprint density at radius 1 is 1.12 bits per heavy atom. The number of nitrogens with zero attached hydrogens (tertiary/aromatic N) is 6. The lowest BCUT2D eigenvalue weighted by molar-refractivity contribution is 0.424. The summed E-state index contributed by atoms with van der Waals surface area (Å²) in [4.78, 5) is 12.8. The van der Waals surface area contributed by atoms with Crippen LogP contribution in [0.15, 0.2) is 18.5 Å². The van der Waals surface area contributed by atoms with Gasteiger partial charge in [0.25, 0.3) is 0 Å². The maximum Gasteiger partial charge on any atom is 0.151 e. The van der Waals surface area contributed by atoms with Crippen molar-refractivity contribution < 1.29 is 0 Å². The Kier molecular flexibility index (Phi) is 4.38. The third-order valence-corrected chi connectivity index (χ3v) is 5.02. The lowest BCUT2D eigenvalue weighted by atomic mass is 9.95. The van der Waals surface area contributed by atoms with Crippen LogP contribution in [0, 0.1) is 5.92 Å². The molecule has 1 saturated heterocycles. The zero-order valence-electron chi connectivity index (χ0n) is 14.9. The van der Waals surface area contributed by atoms with Crippen molar-refractivity contribution in [2.24, 2.45) is 5.92 Å². The molecule has 0 aromatic carbocycles. The number of aromatic nitrogens is 4. The molecule has 0 spiro atoms. The highest BCUT2D eigenvalue weighted by Crippen LogP contribution is 2.27. The van der Waals surface area contributed by atoms with Gasteiger partial charge in [0.2, 0.25) is 0 Å². The van der Waals surface area contributed by atoms with E-state index >= 15 is 0 Å². The number of hydrogen-bond donors (Lipinski definition) is 1. The second-order valence-electron chi connectivity index (χ2n) is 7.19. The fraction of sp³-hybridized carbons (Fsp3) is 0.556. The van der Waals surface area contributed by atoms with Gasteiger partial charge in [0.15, 0.2) is 5.82 Å². The van der Waals surface area contributed by atoms with E-state index in [0.717, 1.165) is 49.9 Å². The molecular formula is C18H25N7. The lowest BCUT2D eigenvalue weighted by Gasteiger charge is -2.40. The molecule has 25 heavy (non-hydrogen) atoms. The summed E-state index contributed by atoms with van der Waals surface area (Å²) in [5.41, 5.74) is 2.60. The van der Waals surface area contributed by atoms with Gasteiger partial charge in [0.1, 0.15) is 18.0 Å². The van der Waals surface area contributed by atoms with Gasteiger partial charge in [0.05, 0.1) is 5.69 Å². The smallest absolute Gasteiger partial charge is 0.151 e. The molecule has 7 heteroatoms. The molecule has 2 aromatic rings. The Labute approximate surface area is 148 Å². The van der Waals surface area contributed by atoms with Crippen molar-refractivity contribution in [1.29, 1.82) is 0 Å². The van der Waals surface area contributed by atoms with Crippen molar-refractivity contribution in [2.45, 2.75) is 25.7 Å². The second kappa shape index (κ2) is 6.82. The van der Waals surface area contributed by atoms with Gasteiger partial charge in [-0.3, -0.25) is 0 Å². The fourth-order valence-corrected chi connectivity index (χ4v) is 3.46. The molecule has 3 heterocycles. The number of nitrogens with one attached hydrogen (secondary N) is 1. The highest BCUT2D eigenvalue weighted by Gasteiger charge is 2.28. The van der Waals surface area contributed by atoms with Crippen LogP contribution in [0.2, 0.25) is 0 Å². The molecule has 0 unspecified atom stereocenters. The average molecular weight is 339 g/mol. The molecule has 0 radical (unpaired) electrons. The summed E-state index contributed by atoms with van der Waals surface area (Å²) in [5, 5.41) is 12.3. The van der Waals surface area contributed by atoms with E-state index in [9.17, 15) is 0 Å². The van der Waals surface area contributed by atoms with Crippen LogP contribution in [0.1, 0.15) is 24.1 Å². The van der Waals surface area contributed by atoms with Gasteiger partial charge in [-0.25, -0.2) is 9.97 Å². The maximum atomic E-state index is 4.44. The first kappa shape index (κ1) is 16.1. The van der Waals surface area contributed by atoms with Crippen molar-refractivity contribution in [3.05, 3.63) is 29.7 Å². The Hall–Kier alpha value is -2.44. The van der Waals surface area contributed by atoms with E-state index in [-0.39, 0.29) is 0 Å². The Bertz CT molecular complexity index is 740. The predicted octanol–water partition coefficient (Wildman–Crippen LogP) is 1.76. The first-order valence-corrected chi connectivity index (χ1v) is 9.03. The highest BCUT2D eigenvalue weighted by atomic mass is 15.3. The van der Waals surface area contributed by atoms with Crippen molar-refractivity contribution in [1.82, 2.24) is 20.2 Å². The molecule has 0 amide bonds. The van der Waals surface area contributed by atoms with Crippen LogP contribution in [0.3, 0.4) is 0 Å². The molecule has 4 rings (SSSR count). The largest absolute Gasteiger partial charge is 0.369 e.